The minimum atomic E-state index is -0.491. The van der Waals surface area contributed by atoms with Crippen molar-refractivity contribution in [1.82, 2.24) is 0 Å². The molecule has 5 N–H and O–H groups in total. The highest BCUT2D eigenvalue weighted by atomic mass is 31.1. The fourth-order valence-corrected chi connectivity index (χ4v) is 18.2. The van der Waals surface area contributed by atoms with E-state index in [0.29, 0.717) is 17.2 Å². The lowest BCUT2D eigenvalue weighted by molar-refractivity contribution is -0.381. The standard InChI is InChI=1S/C46H58N2P2/c47-31-33-21-25-41-35(29-33)23-27-43(49(37-13-5-1-6-14-37)38-15-7-2-8-16-38)45(41)46-42-26-22-34(32-48)30-36(42)24-28-44(46)50(39-17-9-3-10-18-39)40-19-11-4-12-20-40/h1-20,33-36,41-46H,21-32,47-48H2/p+1. The molecule has 8 rings (SSSR count). The number of rotatable bonds is 9. The number of benzene rings is 4. The molecule has 0 amide bonds. The van der Waals surface area contributed by atoms with E-state index < -0.39 is 15.8 Å². The Balaban J connectivity index is 1.30. The van der Waals surface area contributed by atoms with Crippen molar-refractivity contribution in [3.05, 3.63) is 121 Å². The molecule has 0 aromatic heterocycles. The maximum Gasteiger partial charge on any atom is 0.0768 e. The van der Waals surface area contributed by atoms with Crippen LogP contribution in [-0.4, -0.2) is 24.4 Å². The average molecular weight is 702 g/mol. The minimum absolute atomic E-state index is 0.489. The fourth-order valence-electron chi connectivity index (χ4n) is 11.8. The summed E-state index contributed by atoms with van der Waals surface area (Å²) in [6.45, 7) is 1.98. The molecule has 2 nitrogen and oxygen atoms in total. The van der Waals surface area contributed by atoms with Crippen molar-refractivity contribution in [2.24, 2.45) is 53.1 Å². The topological polar surface area (TPSA) is 53.7 Å². The van der Waals surface area contributed by atoms with Crippen LogP contribution in [0.4, 0.5) is 0 Å². The van der Waals surface area contributed by atoms with Crippen LogP contribution in [0.1, 0.15) is 64.2 Å². The van der Waals surface area contributed by atoms with Crippen LogP contribution >= 0.6 is 15.8 Å². The predicted molar refractivity (Wildman–Crippen MR) is 217 cm³/mol. The van der Waals surface area contributed by atoms with E-state index in [-0.39, 0.29) is 0 Å². The van der Waals surface area contributed by atoms with Gasteiger partial charge in [0.15, 0.2) is 0 Å². The molecule has 4 aliphatic carbocycles. The van der Waals surface area contributed by atoms with E-state index in [1.165, 1.54) is 64.2 Å². The quantitative estimate of drug-likeness (QED) is 0.171. The van der Waals surface area contributed by atoms with E-state index in [9.17, 15) is 0 Å². The van der Waals surface area contributed by atoms with E-state index in [1.54, 1.807) is 21.2 Å². The Hall–Kier alpha value is -2.34. The normalized spacial score (nSPS) is 32.7. The molecule has 4 fully saturated rings. The summed E-state index contributed by atoms with van der Waals surface area (Å²) in [5, 5.41) is 6.38. The maximum atomic E-state index is 6.43. The first-order chi connectivity index (χ1) is 24.7. The van der Waals surface area contributed by atoms with E-state index in [4.69, 9.17) is 5.73 Å². The van der Waals surface area contributed by atoms with Crippen molar-refractivity contribution >= 4 is 37.1 Å². The van der Waals surface area contributed by atoms with Crippen LogP contribution in [0.15, 0.2) is 121 Å². The first-order valence-electron chi connectivity index (χ1n) is 20.0. The van der Waals surface area contributed by atoms with Crippen LogP contribution in [0.25, 0.3) is 0 Å². The van der Waals surface area contributed by atoms with Gasteiger partial charge in [0, 0.05) is 5.92 Å². The third kappa shape index (κ3) is 7.05. The van der Waals surface area contributed by atoms with Crippen molar-refractivity contribution < 1.29 is 5.73 Å². The van der Waals surface area contributed by atoms with Gasteiger partial charge in [0.1, 0.15) is 0 Å². The monoisotopic (exact) mass is 701 g/mol. The smallest absolute Gasteiger partial charge is 0.0768 e. The van der Waals surface area contributed by atoms with E-state index in [2.05, 4.69) is 127 Å². The third-order valence-electron chi connectivity index (χ3n) is 13.8. The molecule has 4 saturated carbocycles. The van der Waals surface area contributed by atoms with Gasteiger partial charge >= 0.3 is 0 Å². The number of quaternary nitrogens is 1. The highest BCUT2D eigenvalue weighted by Crippen LogP contribution is 2.65. The Morgan fingerprint density at radius 3 is 1.18 bits per heavy atom. The molecule has 262 valence electrons. The molecule has 0 heterocycles. The molecule has 50 heavy (non-hydrogen) atoms. The van der Waals surface area contributed by atoms with Gasteiger partial charge in [0.25, 0.3) is 0 Å². The number of fused-ring (bicyclic) bond motifs is 2. The fraction of sp³-hybridized carbons (Fsp3) is 0.478. The molecule has 4 aliphatic rings. The number of hydrogen-bond acceptors (Lipinski definition) is 1. The lowest BCUT2D eigenvalue weighted by Crippen LogP contribution is -2.57. The minimum Gasteiger partial charge on any atom is -0.357 e. The van der Waals surface area contributed by atoms with Gasteiger partial charge in [-0.3, -0.25) is 0 Å². The zero-order valence-electron chi connectivity index (χ0n) is 30.0. The lowest BCUT2D eigenvalue weighted by atomic mass is 9.53. The zero-order valence-corrected chi connectivity index (χ0v) is 31.8. The van der Waals surface area contributed by atoms with E-state index in [0.717, 1.165) is 54.5 Å². The SMILES string of the molecule is NCC1CCC2C(CCC(P(c3ccccc3)c3ccccc3)C2C2C3CCC(C[NH3+])CC3CCC2P(c2ccccc2)c2ccccc2)C1. The van der Waals surface area contributed by atoms with E-state index >= 15 is 0 Å². The van der Waals surface area contributed by atoms with Crippen molar-refractivity contribution in [1.29, 1.82) is 0 Å². The molecule has 4 aromatic rings. The number of nitrogens with two attached hydrogens (primary N) is 1. The molecule has 0 aliphatic heterocycles. The molecule has 0 radical (unpaired) electrons. The highest BCUT2D eigenvalue weighted by Gasteiger charge is 2.55. The summed E-state index contributed by atoms with van der Waals surface area (Å²) >= 11 is 0. The summed E-state index contributed by atoms with van der Waals surface area (Å²) in [4.78, 5) is 0. The zero-order chi connectivity index (χ0) is 33.9. The molecule has 10 unspecified atom stereocenters. The largest absolute Gasteiger partial charge is 0.357 e. The second kappa shape index (κ2) is 16.1. The van der Waals surface area contributed by atoms with Crippen LogP contribution in [0.2, 0.25) is 0 Å². The first-order valence-corrected chi connectivity index (χ1v) is 22.8. The summed E-state index contributed by atoms with van der Waals surface area (Å²) in [6.07, 6.45) is 13.8. The summed E-state index contributed by atoms with van der Waals surface area (Å²) in [5.41, 5.74) is 12.3. The van der Waals surface area contributed by atoms with Crippen LogP contribution < -0.4 is 32.7 Å². The Morgan fingerprint density at radius 2 is 0.820 bits per heavy atom. The van der Waals surface area contributed by atoms with Gasteiger partial charge in [-0.05, 0) is 161 Å². The van der Waals surface area contributed by atoms with Gasteiger partial charge < -0.3 is 11.5 Å². The van der Waals surface area contributed by atoms with Crippen LogP contribution in [0.5, 0.6) is 0 Å². The Labute approximate surface area is 304 Å². The summed E-state index contributed by atoms with van der Waals surface area (Å²) < 4.78 is 0. The lowest BCUT2D eigenvalue weighted by Gasteiger charge is -2.59. The molecule has 4 aromatic carbocycles. The Kier molecular flexibility index (Phi) is 11.2. The average Bonchev–Trinajstić information content (AvgIpc) is 3.19. The number of hydrogen-bond donors (Lipinski definition) is 2. The second-order valence-corrected chi connectivity index (χ2v) is 21.1. The predicted octanol–water partition coefficient (Wildman–Crippen LogP) is 8.08. The van der Waals surface area contributed by atoms with Crippen LogP contribution in [-0.2, 0) is 0 Å². The van der Waals surface area contributed by atoms with Crippen molar-refractivity contribution in [3.63, 3.8) is 0 Å². The molecule has 0 spiro atoms. The van der Waals surface area contributed by atoms with Gasteiger partial charge in [-0.15, -0.1) is 0 Å². The summed E-state index contributed by atoms with van der Waals surface area (Å²) in [5.74, 6) is 6.39. The molecule has 0 saturated heterocycles. The van der Waals surface area contributed by atoms with Crippen LogP contribution in [0, 0.1) is 47.3 Å². The van der Waals surface area contributed by atoms with Gasteiger partial charge in [-0.1, -0.05) is 121 Å². The Bertz CT molecular complexity index is 1420. The second-order valence-electron chi connectivity index (χ2n) is 16.3. The van der Waals surface area contributed by atoms with Crippen LogP contribution in [0.3, 0.4) is 0 Å². The highest BCUT2D eigenvalue weighted by molar-refractivity contribution is 7.74. The molecule has 0 bridgehead atoms. The molecule has 4 heteroatoms. The van der Waals surface area contributed by atoms with Gasteiger partial charge in [0.2, 0.25) is 0 Å². The van der Waals surface area contributed by atoms with Gasteiger partial charge in [-0.2, -0.15) is 0 Å². The maximum absolute atomic E-state index is 6.43. The van der Waals surface area contributed by atoms with E-state index in [1.807, 2.05) is 0 Å². The van der Waals surface area contributed by atoms with Crippen molar-refractivity contribution in [3.8, 4) is 0 Å². The third-order valence-corrected chi connectivity index (χ3v) is 19.8. The first kappa shape index (κ1) is 34.7. The summed E-state index contributed by atoms with van der Waals surface area (Å²) in [7, 11) is -0.980. The molecular formula is C46H59N2P2+. The summed E-state index contributed by atoms with van der Waals surface area (Å²) in [6, 6.07) is 47.2. The van der Waals surface area contributed by atoms with Crippen molar-refractivity contribution in [2.45, 2.75) is 75.5 Å². The van der Waals surface area contributed by atoms with Crippen molar-refractivity contribution in [2.75, 3.05) is 13.1 Å². The molecular weight excluding hydrogens is 642 g/mol. The van der Waals surface area contributed by atoms with Gasteiger partial charge in [-0.25, -0.2) is 0 Å². The van der Waals surface area contributed by atoms with Gasteiger partial charge in [0.05, 0.1) is 6.54 Å². The molecule has 10 atom stereocenters. The Morgan fingerprint density at radius 1 is 0.460 bits per heavy atom.